The van der Waals surface area contributed by atoms with E-state index in [4.69, 9.17) is 0 Å². The largest absolute Gasteiger partial charge is 0.416 e. The number of halogens is 3. The molecule has 0 aliphatic carbocycles. The van der Waals surface area contributed by atoms with Crippen LogP contribution in [0.5, 0.6) is 0 Å². The fourth-order valence-electron chi connectivity index (χ4n) is 2.14. The molecule has 1 saturated heterocycles. The minimum Gasteiger partial charge on any atom is -0.315 e. The lowest BCUT2D eigenvalue weighted by Gasteiger charge is -2.24. The van der Waals surface area contributed by atoms with Gasteiger partial charge in [-0.15, -0.1) is 0 Å². The second-order valence-corrected chi connectivity index (χ2v) is 5.04. The maximum Gasteiger partial charge on any atom is 0.416 e. The van der Waals surface area contributed by atoms with Gasteiger partial charge in [0.25, 0.3) is 0 Å². The highest BCUT2D eigenvalue weighted by Gasteiger charge is 2.31. The van der Waals surface area contributed by atoms with Crippen LogP contribution in [-0.4, -0.2) is 18.6 Å². The van der Waals surface area contributed by atoms with Gasteiger partial charge in [0.05, 0.1) is 5.56 Å². The molecule has 2 nitrogen and oxygen atoms in total. The predicted molar refractivity (Wildman–Crippen MR) is 64.2 cm³/mol. The van der Waals surface area contributed by atoms with Crippen molar-refractivity contribution in [1.29, 1.82) is 0 Å². The van der Waals surface area contributed by atoms with E-state index in [1.54, 1.807) is 6.07 Å². The van der Waals surface area contributed by atoms with E-state index in [1.807, 2.05) is 0 Å². The molecule has 100 valence electrons. The highest BCUT2D eigenvalue weighted by molar-refractivity contribution is 5.25. The van der Waals surface area contributed by atoms with E-state index in [9.17, 15) is 13.2 Å². The van der Waals surface area contributed by atoms with E-state index in [-0.39, 0.29) is 5.54 Å². The summed E-state index contributed by atoms with van der Waals surface area (Å²) in [4.78, 5) is 0. The maximum atomic E-state index is 12.6. The molecular weight excluding hydrogens is 241 g/mol. The molecule has 1 aliphatic rings. The van der Waals surface area contributed by atoms with Gasteiger partial charge in [0.15, 0.2) is 0 Å². The van der Waals surface area contributed by atoms with E-state index in [0.29, 0.717) is 12.1 Å². The second kappa shape index (κ2) is 4.90. The van der Waals surface area contributed by atoms with E-state index >= 15 is 0 Å². The molecule has 0 radical (unpaired) electrons. The molecule has 0 bridgehead atoms. The zero-order valence-corrected chi connectivity index (χ0v) is 10.3. The number of alkyl halides is 3. The number of hydrogen-bond acceptors (Lipinski definition) is 2. The third-order valence-corrected chi connectivity index (χ3v) is 3.34. The van der Waals surface area contributed by atoms with Gasteiger partial charge in [-0.2, -0.15) is 13.2 Å². The summed E-state index contributed by atoms with van der Waals surface area (Å²) < 4.78 is 37.7. The Hall–Kier alpha value is -1.07. The first-order chi connectivity index (χ1) is 8.39. The summed E-state index contributed by atoms with van der Waals surface area (Å²) in [6, 6.07) is 5.48. The average molecular weight is 258 g/mol. The summed E-state index contributed by atoms with van der Waals surface area (Å²) in [5, 5.41) is 6.57. The maximum absolute atomic E-state index is 12.6. The Bertz CT molecular complexity index is 409. The molecule has 0 saturated carbocycles. The van der Waals surface area contributed by atoms with Gasteiger partial charge in [-0.1, -0.05) is 18.2 Å². The van der Waals surface area contributed by atoms with Crippen LogP contribution in [0.3, 0.4) is 0 Å². The van der Waals surface area contributed by atoms with Crippen LogP contribution in [-0.2, 0) is 12.7 Å². The standard InChI is InChI=1S/C13H17F3N2/c1-12(5-6-17-9-12)18-8-10-3-2-4-11(7-10)13(14,15)16/h2-4,7,17-18H,5-6,8-9H2,1H3. The summed E-state index contributed by atoms with van der Waals surface area (Å²) in [6.45, 7) is 4.35. The SMILES string of the molecule is CC1(NCc2cccc(C(F)(F)F)c2)CCNC1. The summed E-state index contributed by atoms with van der Waals surface area (Å²) in [6.07, 6.45) is -3.28. The lowest BCUT2D eigenvalue weighted by Crippen LogP contribution is -2.43. The van der Waals surface area contributed by atoms with Crippen LogP contribution in [0.2, 0.25) is 0 Å². The molecule has 18 heavy (non-hydrogen) atoms. The van der Waals surface area contributed by atoms with Crippen LogP contribution in [0.4, 0.5) is 13.2 Å². The van der Waals surface area contributed by atoms with Crippen molar-refractivity contribution in [3.8, 4) is 0 Å². The smallest absolute Gasteiger partial charge is 0.315 e. The lowest BCUT2D eigenvalue weighted by atomic mass is 10.0. The molecule has 2 rings (SSSR count). The lowest BCUT2D eigenvalue weighted by molar-refractivity contribution is -0.137. The Morgan fingerprint density at radius 1 is 1.39 bits per heavy atom. The Morgan fingerprint density at radius 3 is 2.78 bits per heavy atom. The van der Waals surface area contributed by atoms with Crippen LogP contribution in [0.25, 0.3) is 0 Å². The second-order valence-electron chi connectivity index (χ2n) is 5.04. The number of hydrogen-bond donors (Lipinski definition) is 2. The van der Waals surface area contributed by atoms with Gasteiger partial charge in [0.2, 0.25) is 0 Å². The monoisotopic (exact) mass is 258 g/mol. The fourth-order valence-corrected chi connectivity index (χ4v) is 2.14. The first-order valence-electron chi connectivity index (χ1n) is 6.01. The van der Waals surface area contributed by atoms with Crippen molar-refractivity contribution in [2.75, 3.05) is 13.1 Å². The Balaban J connectivity index is 2.01. The third kappa shape index (κ3) is 3.23. The molecule has 1 aromatic carbocycles. The molecule has 1 atom stereocenters. The van der Waals surface area contributed by atoms with Crippen molar-refractivity contribution in [3.63, 3.8) is 0 Å². The summed E-state index contributed by atoms with van der Waals surface area (Å²) in [5.74, 6) is 0. The highest BCUT2D eigenvalue weighted by Crippen LogP contribution is 2.29. The molecule has 2 N–H and O–H groups in total. The molecule has 0 amide bonds. The van der Waals surface area contributed by atoms with Crippen LogP contribution in [0.15, 0.2) is 24.3 Å². The van der Waals surface area contributed by atoms with Crippen molar-refractivity contribution >= 4 is 0 Å². The molecule has 0 aromatic heterocycles. The number of benzene rings is 1. The van der Waals surface area contributed by atoms with E-state index in [2.05, 4.69) is 17.6 Å². The van der Waals surface area contributed by atoms with Crippen LogP contribution in [0, 0.1) is 0 Å². The van der Waals surface area contributed by atoms with E-state index in [0.717, 1.165) is 25.6 Å². The fraction of sp³-hybridized carbons (Fsp3) is 0.538. The van der Waals surface area contributed by atoms with Crippen molar-refractivity contribution in [3.05, 3.63) is 35.4 Å². The van der Waals surface area contributed by atoms with Crippen molar-refractivity contribution in [1.82, 2.24) is 10.6 Å². The minimum absolute atomic E-state index is 0.0196. The predicted octanol–water partition coefficient (Wildman–Crippen LogP) is 2.55. The van der Waals surface area contributed by atoms with Crippen LogP contribution >= 0.6 is 0 Å². The summed E-state index contributed by atoms with van der Waals surface area (Å²) in [5.41, 5.74) is 0.0586. The topological polar surface area (TPSA) is 24.1 Å². The third-order valence-electron chi connectivity index (χ3n) is 3.34. The van der Waals surface area contributed by atoms with Gasteiger partial charge in [0, 0.05) is 18.6 Å². The zero-order chi connectivity index (χ0) is 13.2. The van der Waals surface area contributed by atoms with Gasteiger partial charge in [-0.3, -0.25) is 0 Å². The Kier molecular flexibility index (Phi) is 3.64. The summed E-state index contributed by atoms with van der Waals surface area (Å²) in [7, 11) is 0. The first-order valence-corrected chi connectivity index (χ1v) is 6.01. The number of rotatable bonds is 3. The quantitative estimate of drug-likeness (QED) is 0.870. The van der Waals surface area contributed by atoms with Gasteiger partial charge >= 0.3 is 6.18 Å². The Morgan fingerprint density at radius 2 is 2.17 bits per heavy atom. The van der Waals surface area contributed by atoms with E-state index < -0.39 is 11.7 Å². The normalized spacial score (nSPS) is 24.4. The highest BCUT2D eigenvalue weighted by atomic mass is 19.4. The minimum atomic E-state index is -4.27. The Labute approximate surface area is 105 Å². The van der Waals surface area contributed by atoms with Gasteiger partial charge in [-0.25, -0.2) is 0 Å². The number of nitrogens with one attached hydrogen (secondary N) is 2. The zero-order valence-electron chi connectivity index (χ0n) is 10.3. The van der Waals surface area contributed by atoms with E-state index in [1.165, 1.54) is 12.1 Å². The van der Waals surface area contributed by atoms with Crippen molar-refractivity contribution in [2.45, 2.75) is 31.6 Å². The molecule has 1 aromatic rings. The summed E-state index contributed by atoms with van der Waals surface area (Å²) >= 11 is 0. The molecule has 1 unspecified atom stereocenters. The average Bonchev–Trinajstić information content (AvgIpc) is 2.74. The van der Waals surface area contributed by atoms with Crippen LogP contribution in [0.1, 0.15) is 24.5 Å². The van der Waals surface area contributed by atoms with Crippen molar-refractivity contribution in [2.24, 2.45) is 0 Å². The van der Waals surface area contributed by atoms with Gasteiger partial charge in [-0.05, 0) is 31.5 Å². The molecule has 1 heterocycles. The van der Waals surface area contributed by atoms with Crippen molar-refractivity contribution < 1.29 is 13.2 Å². The molecule has 1 aliphatic heterocycles. The molecular formula is C13H17F3N2. The van der Waals surface area contributed by atoms with Gasteiger partial charge in [0.1, 0.15) is 0 Å². The molecule has 1 fully saturated rings. The van der Waals surface area contributed by atoms with Crippen LogP contribution < -0.4 is 10.6 Å². The van der Waals surface area contributed by atoms with Gasteiger partial charge < -0.3 is 10.6 Å². The first kappa shape index (κ1) is 13.4. The molecule has 0 spiro atoms. The molecule has 5 heteroatoms.